The molecule has 0 aromatic carbocycles. The molecule has 0 spiro atoms. The molecule has 2 aliphatic rings. The SMILES string of the molecule is CCCCCCCCCCCCCC(=O)N[C@H]1[C@H](OC[C@H]2O[C@H](OCC(=O)O)[C@H](NC(=O)CCCCCCCCCCCCC)[C@@H](OC(=O)CCCCCCCCCCCCC)[C@@H]2O)O[C@H](CO)[C@@H](OP(=O)(O)O)[C@@H]1OC(=O)CCCCCCCCCCCCC. The number of carbonyl (C=O) groups is 5. The van der Waals surface area contributed by atoms with E-state index in [1.807, 2.05) is 0 Å². The van der Waals surface area contributed by atoms with Gasteiger partial charge in [-0.25, -0.2) is 9.36 Å². The van der Waals surface area contributed by atoms with Crippen molar-refractivity contribution in [3.63, 3.8) is 0 Å². The summed E-state index contributed by atoms with van der Waals surface area (Å²) in [6.07, 6.45) is 33.3. The average molecular weight is 1320 g/mol. The minimum Gasteiger partial charge on any atom is -0.480 e. The third-order valence-corrected chi connectivity index (χ3v) is 18.2. The standard InChI is InChI=1S/C70H131N2O18P/c1-5-9-13-17-21-25-29-33-37-41-45-49-58(74)71-63-67(88-61(78)51-47-43-39-35-31-27-23-19-15-11-7-3)65(80)57(87-69(63)85-55-60(76)77)54-84-70-64(72-59(75)50-46-42-38-34-30-26-22-18-14-10-6-2)68(66(56(53-73)86-70)90-91(81,82)83)89-62(79)52-48-44-40-36-32-28-24-20-16-12-8-4/h56-57,63-70,73,80H,5-55H2,1-4H3,(H,71,74)(H,72,75)(H,76,77)(H2,81,82,83)/t56-,57-,63-,64-,65-,66-,67-,68-,69+,70-/m1/s1. The van der Waals surface area contributed by atoms with Crippen molar-refractivity contribution in [1.29, 1.82) is 0 Å². The summed E-state index contributed by atoms with van der Waals surface area (Å²) in [5.41, 5.74) is 0. The maximum atomic E-state index is 14.0. The van der Waals surface area contributed by atoms with Gasteiger partial charge < -0.3 is 64.2 Å². The van der Waals surface area contributed by atoms with E-state index >= 15 is 0 Å². The van der Waals surface area contributed by atoms with Gasteiger partial charge in [0.2, 0.25) is 11.8 Å². The number of carbonyl (C=O) groups excluding carboxylic acids is 4. The van der Waals surface area contributed by atoms with Gasteiger partial charge in [-0.15, -0.1) is 0 Å². The quantitative estimate of drug-likeness (QED) is 0.0169. The molecule has 2 saturated heterocycles. The number of esters is 2. The topological polar surface area (TPSA) is 292 Å². The molecule has 0 saturated carbocycles. The van der Waals surface area contributed by atoms with Crippen LogP contribution in [0.25, 0.3) is 0 Å². The van der Waals surface area contributed by atoms with Gasteiger partial charge in [0, 0.05) is 25.7 Å². The maximum Gasteiger partial charge on any atom is 0.470 e. The Labute approximate surface area is 549 Å². The number of phosphoric acid groups is 1. The van der Waals surface area contributed by atoms with Crippen molar-refractivity contribution in [3.05, 3.63) is 0 Å². The Bertz CT molecular complexity index is 1880. The third-order valence-electron chi connectivity index (χ3n) is 17.7. The molecule has 0 radical (unpaired) electrons. The van der Waals surface area contributed by atoms with Crippen molar-refractivity contribution in [3.8, 4) is 0 Å². The zero-order valence-electron chi connectivity index (χ0n) is 57.3. The molecule has 0 aromatic rings. The van der Waals surface area contributed by atoms with Crippen molar-refractivity contribution < 1.29 is 86.6 Å². The lowest BCUT2D eigenvalue weighted by atomic mass is 9.95. The van der Waals surface area contributed by atoms with Gasteiger partial charge in [0.25, 0.3) is 0 Å². The number of unbranched alkanes of at least 4 members (excludes halogenated alkanes) is 40. The van der Waals surface area contributed by atoms with Crippen LogP contribution in [0.4, 0.5) is 0 Å². The first kappa shape index (κ1) is 84.3. The summed E-state index contributed by atoms with van der Waals surface area (Å²) in [5, 5.41) is 38.5. The van der Waals surface area contributed by atoms with Crippen LogP contribution in [-0.2, 0) is 61.5 Å². The van der Waals surface area contributed by atoms with Gasteiger partial charge in [-0.05, 0) is 25.7 Å². The van der Waals surface area contributed by atoms with E-state index in [4.69, 9.17) is 32.9 Å². The minimum atomic E-state index is -5.39. The van der Waals surface area contributed by atoms with E-state index in [1.54, 1.807) is 0 Å². The number of carboxylic acid groups (broad SMARTS) is 1. The number of hydrogen-bond acceptors (Lipinski definition) is 15. The van der Waals surface area contributed by atoms with Crippen molar-refractivity contribution >= 4 is 37.5 Å². The van der Waals surface area contributed by atoms with E-state index in [-0.39, 0.29) is 25.7 Å². The van der Waals surface area contributed by atoms with Crippen LogP contribution < -0.4 is 10.6 Å². The molecule has 10 atom stereocenters. The van der Waals surface area contributed by atoms with Gasteiger partial charge >= 0.3 is 25.7 Å². The van der Waals surface area contributed by atoms with Crippen LogP contribution in [0.1, 0.15) is 336 Å². The molecule has 2 amide bonds. The second-order valence-corrected chi connectivity index (χ2v) is 27.3. The zero-order valence-corrected chi connectivity index (χ0v) is 58.2. The van der Waals surface area contributed by atoms with E-state index in [0.717, 1.165) is 116 Å². The van der Waals surface area contributed by atoms with Crippen molar-refractivity contribution in [2.75, 3.05) is 19.8 Å². The molecular weight excluding hydrogens is 1190 g/mol. The molecule has 2 rings (SSSR count). The Morgan fingerprint density at radius 3 is 1.03 bits per heavy atom. The number of amides is 2. The van der Waals surface area contributed by atoms with Crippen LogP contribution in [0.5, 0.6) is 0 Å². The van der Waals surface area contributed by atoms with Crippen LogP contribution >= 0.6 is 7.82 Å². The van der Waals surface area contributed by atoms with Crippen LogP contribution in [0.2, 0.25) is 0 Å². The molecule has 0 bridgehead atoms. The van der Waals surface area contributed by atoms with E-state index in [9.17, 15) is 53.6 Å². The number of nitrogens with one attached hydrogen (secondary N) is 2. The summed E-state index contributed by atoms with van der Waals surface area (Å²) >= 11 is 0. The smallest absolute Gasteiger partial charge is 0.470 e. The van der Waals surface area contributed by atoms with E-state index in [0.29, 0.717) is 25.7 Å². The van der Waals surface area contributed by atoms with Crippen molar-refractivity contribution in [1.82, 2.24) is 10.6 Å². The summed E-state index contributed by atoms with van der Waals surface area (Å²) in [6.45, 7) is 6.33. The van der Waals surface area contributed by atoms with Gasteiger partial charge in [-0.1, -0.05) is 285 Å². The average Bonchev–Trinajstić information content (AvgIpc) is 0.856. The Kier molecular flexibility index (Phi) is 51.3. The fourth-order valence-electron chi connectivity index (χ4n) is 12.3. The Balaban J connectivity index is 2.43. The first-order chi connectivity index (χ1) is 44.1. The normalized spacial score (nSPS) is 21.8. The molecule has 0 aromatic heterocycles. The largest absolute Gasteiger partial charge is 0.480 e. The van der Waals surface area contributed by atoms with E-state index < -0.39 is 119 Å². The van der Waals surface area contributed by atoms with E-state index in [2.05, 4.69) is 38.3 Å². The molecule has 20 nitrogen and oxygen atoms in total. The second-order valence-electron chi connectivity index (χ2n) is 26.1. The number of aliphatic hydroxyl groups is 2. The van der Waals surface area contributed by atoms with Gasteiger partial charge in [-0.3, -0.25) is 23.7 Å². The summed E-state index contributed by atoms with van der Waals surface area (Å²) in [5.74, 6) is -3.75. The molecule has 534 valence electrons. The highest BCUT2D eigenvalue weighted by Crippen LogP contribution is 2.42. The Hall–Kier alpha value is -2.78. The van der Waals surface area contributed by atoms with Gasteiger partial charge in [0.05, 0.1) is 13.2 Å². The summed E-state index contributed by atoms with van der Waals surface area (Å²) in [4.78, 5) is 87.9. The molecule has 2 aliphatic heterocycles. The number of rotatable bonds is 61. The fourth-order valence-corrected chi connectivity index (χ4v) is 12.9. The Morgan fingerprint density at radius 2 is 0.703 bits per heavy atom. The lowest BCUT2D eigenvalue weighted by molar-refractivity contribution is -0.304. The van der Waals surface area contributed by atoms with Crippen LogP contribution in [0, 0.1) is 0 Å². The number of aliphatic carboxylic acids is 1. The van der Waals surface area contributed by atoms with E-state index in [1.165, 1.54) is 141 Å². The van der Waals surface area contributed by atoms with Gasteiger partial charge in [-0.2, -0.15) is 0 Å². The fraction of sp³-hybridized carbons (Fsp3) is 0.929. The number of phosphoric ester groups is 1. The van der Waals surface area contributed by atoms with Crippen molar-refractivity contribution in [2.24, 2.45) is 0 Å². The van der Waals surface area contributed by atoms with Crippen molar-refractivity contribution in [2.45, 2.75) is 397 Å². The highest BCUT2D eigenvalue weighted by Gasteiger charge is 2.54. The second kappa shape index (κ2) is 55.4. The highest BCUT2D eigenvalue weighted by molar-refractivity contribution is 7.46. The molecular formula is C70H131N2O18P. The predicted molar refractivity (Wildman–Crippen MR) is 355 cm³/mol. The molecule has 21 heteroatoms. The molecule has 7 N–H and O–H groups in total. The number of aliphatic hydroxyl groups excluding tert-OH is 2. The Morgan fingerprint density at radius 1 is 0.407 bits per heavy atom. The lowest BCUT2D eigenvalue weighted by Gasteiger charge is -2.47. The zero-order chi connectivity index (χ0) is 66.6. The third kappa shape index (κ3) is 42.4. The van der Waals surface area contributed by atoms with Crippen LogP contribution in [-0.4, -0.2) is 136 Å². The predicted octanol–water partition coefficient (Wildman–Crippen LogP) is 15.0. The molecule has 0 unspecified atom stereocenters. The highest BCUT2D eigenvalue weighted by atomic mass is 31.2. The minimum absolute atomic E-state index is 0.00142. The summed E-state index contributed by atoms with van der Waals surface area (Å²) < 4.78 is 54.5. The first-order valence-corrected chi connectivity index (χ1v) is 38.4. The molecule has 2 heterocycles. The summed E-state index contributed by atoms with van der Waals surface area (Å²) in [6, 6.07) is -2.91. The molecule has 0 aliphatic carbocycles. The monoisotopic (exact) mass is 1320 g/mol. The molecule has 2 fully saturated rings. The van der Waals surface area contributed by atoms with Crippen LogP contribution in [0.15, 0.2) is 0 Å². The maximum absolute atomic E-state index is 14.0. The van der Waals surface area contributed by atoms with Crippen LogP contribution in [0.3, 0.4) is 0 Å². The van der Waals surface area contributed by atoms with Gasteiger partial charge in [0.1, 0.15) is 43.1 Å². The lowest BCUT2D eigenvalue weighted by Crippen LogP contribution is -2.68. The first-order valence-electron chi connectivity index (χ1n) is 36.8. The molecule has 91 heavy (non-hydrogen) atoms. The van der Waals surface area contributed by atoms with Gasteiger partial charge in [0.15, 0.2) is 24.8 Å². The summed E-state index contributed by atoms with van der Waals surface area (Å²) in [7, 11) is -5.39. The number of carboxylic acids is 1. The number of ether oxygens (including phenoxy) is 6. The number of hydrogen-bond donors (Lipinski definition) is 7.